The first-order valence-corrected chi connectivity index (χ1v) is 10.6. The number of anilines is 4. The lowest BCUT2D eigenvalue weighted by molar-refractivity contribution is 0.102. The van der Waals surface area contributed by atoms with Crippen LogP contribution in [0.1, 0.15) is 16.2 Å². The number of nitrogens with zero attached hydrogens (tertiary/aromatic N) is 3. The summed E-state index contributed by atoms with van der Waals surface area (Å²) in [5, 5.41) is 6.20. The van der Waals surface area contributed by atoms with Crippen LogP contribution in [0.3, 0.4) is 0 Å². The summed E-state index contributed by atoms with van der Waals surface area (Å²) in [6.45, 7) is 4.88. The molecular weight excluding hydrogens is 422 g/mol. The quantitative estimate of drug-likeness (QED) is 0.564. The average Bonchev–Trinajstić information content (AvgIpc) is 2.84. The number of nitrogens with one attached hydrogen (secondary N) is 2. The van der Waals surface area contributed by atoms with Crippen LogP contribution in [0.2, 0.25) is 0 Å². The van der Waals surface area contributed by atoms with Gasteiger partial charge in [-0.05, 0) is 43.3 Å². The number of rotatable bonds is 7. The van der Waals surface area contributed by atoms with Crippen molar-refractivity contribution in [2.24, 2.45) is 0 Å². The summed E-state index contributed by atoms with van der Waals surface area (Å²) in [7, 11) is 3.04. The minimum atomic E-state index is -0.284. The van der Waals surface area contributed by atoms with Crippen molar-refractivity contribution >= 4 is 28.9 Å². The first-order chi connectivity index (χ1) is 16.1. The Kier molecular flexibility index (Phi) is 6.89. The van der Waals surface area contributed by atoms with Crippen molar-refractivity contribution in [3.63, 3.8) is 0 Å². The van der Waals surface area contributed by atoms with Gasteiger partial charge < -0.3 is 29.7 Å². The number of ether oxygens (including phenoxy) is 3. The Labute approximate surface area is 192 Å². The molecule has 0 saturated carbocycles. The zero-order valence-corrected chi connectivity index (χ0v) is 18.9. The molecule has 1 aliphatic rings. The maximum Gasteiger partial charge on any atom is 0.259 e. The van der Waals surface area contributed by atoms with Crippen LogP contribution in [-0.4, -0.2) is 56.4 Å². The van der Waals surface area contributed by atoms with Crippen LogP contribution in [0.25, 0.3) is 0 Å². The highest BCUT2D eigenvalue weighted by Gasteiger charge is 2.17. The fourth-order valence-electron chi connectivity index (χ4n) is 3.62. The third-order valence-corrected chi connectivity index (χ3v) is 5.22. The zero-order valence-electron chi connectivity index (χ0n) is 18.9. The Morgan fingerprint density at radius 3 is 2.42 bits per heavy atom. The van der Waals surface area contributed by atoms with Gasteiger partial charge in [-0.2, -0.15) is 0 Å². The smallest absolute Gasteiger partial charge is 0.259 e. The molecule has 0 radical (unpaired) electrons. The summed E-state index contributed by atoms with van der Waals surface area (Å²) < 4.78 is 16.1. The normalized spacial score (nSPS) is 13.4. The standard InChI is InChI=1S/C24H27N5O4/c1-16-25-21(15-22(26-16)29-11-13-33-14-12-29)27-17-7-9-18(10-8-17)28-24(30)19-5-4-6-20(31-2)23(19)32-3/h4-10,15H,11-14H2,1-3H3,(H,28,30)(H,25,26,27). The van der Waals surface area contributed by atoms with Crippen LogP contribution in [0.15, 0.2) is 48.5 Å². The van der Waals surface area contributed by atoms with Gasteiger partial charge in [0.2, 0.25) is 0 Å². The summed E-state index contributed by atoms with van der Waals surface area (Å²) >= 11 is 0. The van der Waals surface area contributed by atoms with E-state index in [1.165, 1.54) is 14.2 Å². The molecule has 0 spiro atoms. The van der Waals surface area contributed by atoms with Crippen molar-refractivity contribution in [1.82, 2.24) is 9.97 Å². The van der Waals surface area contributed by atoms with Gasteiger partial charge in [0.1, 0.15) is 17.5 Å². The SMILES string of the molecule is COc1cccc(C(=O)Nc2ccc(Nc3cc(N4CCOCC4)nc(C)n3)cc2)c1OC. The van der Waals surface area contributed by atoms with Gasteiger partial charge in [0.05, 0.1) is 33.0 Å². The lowest BCUT2D eigenvalue weighted by atomic mass is 10.1. The summed E-state index contributed by atoms with van der Waals surface area (Å²) in [6, 6.07) is 14.5. The Hall–Kier alpha value is -3.85. The highest BCUT2D eigenvalue weighted by Crippen LogP contribution is 2.31. The Bertz CT molecular complexity index is 1110. The van der Waals surface area contributed by atoms with Gasteiger partial charge >= 0.3 is 0 Å². The molecule has 1 saturated heterocycles. The number of hydrogen-bond acceptors (Lipinski definition) is 8. The van der Waals surface area contributed by atoms with E-state index in [0.717, 1.165) is 24.6 Å². The summed E-state index contributed by atoms with van der Waals surface area (Å²) in [6.07, 6.45) is 0. The molecule has 0 aliphatic carbocycles. The van der Waals surface area contributed by atoms with Gasteiger partial charge in [-0.15, -0.1) is 0 Å². The molecule has 2 heterocycles. The largest absolute Gasteiger partial charge is 0.493 e. The van der Waals surface area contributed by atoms with E-state index in [1.807, 2.05) is 37.3 Å². The number of para-hydroxylation sites is 1. The maximum absolute atomic E-state index is 12.8. The predicted molar refractivity (Wildman–Crippen MR) is 127 cm³/mol. The van der Waals surface area contributed by atoms with Crippen molar-refractivity contribution in [1.29, 1.82) is 0 Å². The molecule has 9 heteroatoms. The maximum atomic E-state index is 12.8. The van der Waals surface area contributed by atoms with Gasteiger partial charge in [-0.3, -0.25) is 4.79 Å². The molecule has 2 N–H and O–H groups in total. The highest BCUT2D eigenvalue weighted by atomic mass is 16.5. The van der Waals surface area contributed by atoms with Crippen molar-refractivity contribution in [2.75, 3.05) is 56.1 Å². The van der Waals surface area contributed by atoms with Crippen LogP contribution in [0.4, 0.5) is 23.0 Å². The number of carbonyl (C=O) groups is 1. The zero-order chi connectivity index (χ0) is 23.2. The first-order valence-electron chi connectivity index (χ1n) is 10.6. The lowest BCUT2D eigenvalue weighted by Crippen LogP contribution is -2.36. The second-order valence-corrected chi connectivity index (χ2v) is 7.46. The number of benzene rings is 2. The molecule has 172 valence electrons. The third-order valence-electron chi connectivity index (χ3n) is 5.22. The van der Waals surface area contributed by atoms with Crippen molar-refractivity contribution in [3.05, 3.63) is 59.9 Å². The number of carbonyl (C=O) groups excluding carboxylic acids is 1. The van der Waals surface area contributed by atoms with E-state index in [4.69, 9.17) is 14.2 Å². The van der Waals surface area contributed by atoms with Gasteiger partial charge in [-0.25, -0.2) is 9.97 Å². The Morgan fingerprint density at radius 1 is 1.00 bits per heavy atom. The molecule has 33 heavy (non-hydrogen) atoms. The molecule has 3 aromatic rings. The molecule has 0 bridgehead atoms. The molecule has 1 aliphatic heterocycles. The Balaban J connectivity index is 1.45. The van der Waals surface area contributed by atoms with E-state index in [2.05, 4.69) is 25.5 Å². The molecule has 1 aromatic heterocycles. The van der Waals surface area contributed by atoms with Gasteiger partial charge in [0.25, 0.3) is 5.91 Å². The second kappa shape index (κ2) is 10.2. The van der Waals surface area contributed by atoms with Crippen LogP contribution in [-0.2, 0) is 4.74 Å². The lowest BCUT2D eigenvalue weighted by Gasteiger charge is -2.28. The van der Waals surface area contributed by atoms with E-state index in [0.29, 0.717) is 47.6 Å². The second-order valence-electron chi connectivity index (χ2n) is 7.46. The minimum absolute atomic E-state index is 0.284. The molecule has 4 rings (SSSR count). The number of amides is 1. The molecule has 2 aromatic carbocycles. The van der Waals surface area contributed by atoms with Crippen LogP contribution in [0, 0.1) is 6.92 Å². The first kappa shape index (κ1) is 22.3. The summed E-state index contributed by atoms with van der Waals surface area (Å²) in [5.41, 5.74) is 1.90. The number of hydrogen-bond donors (Lipinski definition) is 2. The van der Waals surface area contributed by atoms with Crippen molar-refractivity contribution in [3.8, 4) is 11.5 Å². The summed E-state index contributed by atoms with van der Waals surface area (Å²) in [5.74, 6) is 2.89. The molecule has 0 atom stereocenters. The Morgan fingerprint density at radius 2 is 1.73 bits per heavy atom. The third kappa shape index (κ3) is 5.32. The topological polar surface area (TPSA) is 97.8 Å². The molecule has 1 fully saturated rings. The average molecular weight is 450 g/mol. The van der Waals surface area contributed by atoms with E-state index in [1.54, 1.807) is 18.2 Å². The van der Waals surface area contributed by atoms with Crippen LogP contribution in [0.5, 0.6) is 11.5 Å². The molecular formula is C24H27N5O4. The molecule has 0 unspecified atom stereocenters. The van der Waals surface area contributed by atoms with Crippen molar-refractivity contribution < 1.29 is 19.0 Å². The van der Waals surface area contributed by atoms with Crippen LogP contribution < -0.4 is 25.0 Å². The number of aryl methyl sites for hydroxylation is 1. The summed E-state index contributed by atoms with van der Waals surface area (Å²) in [4.78, 5) is 24.0. The van der Waals surface area contributed by atoms with E-state index >= 15 is 0 Å². The van der Waals surface area contributed by atoms with Gasteiger partial charge in [-0.1, -0.05) is 6.07 Å². The number of aromatic nitrogens is 2. The number of methoxy groups -OCH3 is 2. The van der Waals surface area contributed by atoms with Crippen molar-refractivity contribution in [2.45, 2.75) is 6.92 Å². The van der Waals surface area contributed by atoms with Crippen LogP contribution >= 0.6 is 0 Å². The van der Waals surface area contributed by atoms with E-state index in [-0.39, 0.29) is 5.91 Å². The monoisotopic (exact) mass is 449 g/mol. The highest BCUT2D eigenvalue weighted by molar-refractivity contribution is 6.06. The van der Waals surface area contributed by atoms with E-state index < -0.39 is 0 Å². The molecule has 9 nitrogen and oxygen atoms in total. The number of morpholine rings is 1. The van der Waals surface area contributed by atoms with E-state index in [9.17, 15) is 4.79 Å². The molecule has 1 amide bonds. The predicted octanol–water partition coefficient (Wildman–Crippen LogP) is 3.63. The van der Waals surface area contributed by atoms with Gasteiger partial charge in [0, 0.05) is 30.5 Å². The minimum Gasteiger partial charge on any atom is -0.493 e. The fraction of sp³-hybridized carbons (Fsp3) is 0.292. The fourth-order valence-corrected chi connectivity index (χ4v) is 3.62. The van der Waals surface area contributed by atoms with Gasteiger partial charge in [0.15, 0.2) is 11.5 Å².